The molecule has 0 radical (unpaired) electrons. The van der Waals surface area contributed by atoms with Crippen LogP contribution in [0.25, 0.3) is 0 Å². The number of piperazine rings is 1. The number of rotatable bonds is 4. The van der Waals surface area contributed by atoms with Gasteiger partial charge in [-0.05, 0) is 36.5 Å². The molecule has 1 heterocycles. The summed E-state index contributed by atoms with van der Waals surface area (Å²) in [6, 6.07) is 9.16. The molecule has 3 nitrogen and oxygen atoms in total. The molecule has 1 saturated heterocycles. The number of nitrogens with zero attached hydrogens (tertiary/aromatic N) is 2. The fraction of sp³-hybridized carbons (Fsp3) is 0.632. The highest BCUT2D eigenvalue weighted by Crippen LogP contribution is 2.33. The Labute approximate surface area is 144 Å². The molecular formula is C19H27ClN2O. The molecule has 1 aliphatic heterocycles. The molecule has 0 atom stereocenters. The van der Waals surface area contributed by atoms with Gasteiger partial charge in [-0.3, -0.25) is 4.79 Å². The molecule has 4 heteroatoms. The van der Waals surface area contributed by atoms with Gasteiger partial charge in [0.25, 0.3) is 0 Å². The van der Waals surface area contributed by atoms with Gasteiger partial charge in [0, 0.05) is 44.2 Å². The van der Waals surface area contributed by atoms with Crippen LogP contribution >= 0.6 is 11.6 Å². The van der Waals surface area contributed by atoms with E-state index < -0.39 is 0 Å². The SMILES string of the molecule is O=C(CCCl)N1CCN(c2ccc(C3CCCCC3)cc2)CC1. The normalized spacial score (nSPS) is 19.9. The van der Waals surface area contributed by atoms with Crippen molar-refractivity contribution in [2.45, 2.75) is 44.4 Å². The predicted molar refractivity (Wildman–Crippen MR) is 96.4 cm³/mol. The van der Waals surface area contributed by atoms with Crippen LogP contribution in [0.2, 0.25) is 0 Å². The third kappa shape index (κ3) is 4.20. The monoisotopic (exact) mass is 334 g/mol. The average molecular weight is 335 g/mol. The summed E-state index contributed by atoms with van der Waals surface area (Å²) < 4.78 is 0. The van der Waals surface area contributed by atoms with Crippen molar-refractivity contribution in [2.24, 2.45) is 0 Å². The Morgan fingerprint density at radius 1 is 1.00 bits per heavy atom. The molecule has 0 spiro atoms. The number of hydrogen-bond donors (Lipinski definition) is 0. The van der Waals surface area contributed by atoms with Gasteiger partial charge >= 0.3 is 0 Å². The zero-order valence-electron chi connectivity index (χ0n) is 13.8. The summed E-state index contributed by atoms with van der Waals surface area (Å²) in [7, 11) is 0. The summed E-state index contributed by atoms with van der Waals surface area (Å²) >= 11 is 5.66. The van der Waals surface area contributed by atoms with Crippen molar-refractivity contribution in [3.63, 3.8) is 0 Å². The van der Waals surface area contributed by atoms with Gasteiger partial charge in [-0.15, -0.1) is 11.6 Å². The summed E-state index contributed by atoms with van der Waals surface area (Å²) in [5, 5.41) is 0. The summed E-state index contributed by atoms with van der Waals surface area (Å²) in [5.74, 6) is 1.37. The first-order valence-electron chi connectivity index (χ1n) is 8.96. The third-order valence-corrected chi connectivity index (χ3v) is 5.46. The predicted octanol–water partition coefficient (Wildman–Crippen LogP) is 4.01. The molecule has 126 valence electrons. The largest absolute Gasteiger partial charge is 0.368 e. The lowest BCUT2D eigenvalue weighted by Gasteiger charge is -2.36. The number of alkyl halides is 1. The maximum absolute atomic E-state index is 11.9. The Bertz CT molecular complexity index is 503. The topological polar surface area (TPSA) is 23.6 Å². The van der Waals surface area contributed by atoms with Gasteiger partial charge in [0.15, 0.2) is 0 Å². The first-order chi connectivity index (χ1) is 11.3. The van der Waals surface area contributed by atoms with Gasteiger partial charge < -0.3 is 9.80 Å². The lowest BCUT2D eigenvalue weighted by atomic mass is 9.84. The zero-order valence-corrected chi connectivity index (χ0v) is 14.6. The Balaban J connectivity index is 1.55. The summed E-state index contributed by atoms with van der Waals surface area (Å²) in [6.45, 7) is 3.44. The molecule has 1 aromatic carbocycles. The molecule has 0 bridgehead atoms. The Hall–Kier alpha value is -1.22. The minimum absolute atomic E-state index is 0.187. The first-order valence-corrected chi connectivity index (χ1v) is 9.50. The van der Waals surface area contributed by atoms with Crippen LogP contribution in [-0.2, 0) is 4.79 Å². The number of hydrogen-bond acceptors (Lipinski definition) is 2. The minimum Gasteiger partial charge on any atom is -0.368 e. The van der Waals surface area contributed by atoms with E-state index in [2.05, 4.69) is 29.2 Å². The highest BCUT2D eigenvalue weighted by Gasteiger charge is 2.21. The van der Waals surface area contributed by atoms with Crippen molar-refractivity contribution < 1.29 is 4.79 Å². The molecule has 3 rings (SSSR count). The van der Waals surface area contributed by atoms with Crippen LogP contribution in [-0.4, -0.2) is 42.9 Å². The average Bonchev–Trinajstić information content (AvgIpc) is 2.63. The molecule has 1 saturated carbocycles. The Morgan fingerprint density at radius 2 is 1.65 bits per heavy atom. The first kappa shape index (κ1) is 16.6. The van der Waals surface area contributed by atoms with Gasteiger partial charge in [-0.1, -0.05) is 31.4 Å². The summed E-state index contributed by atoms with van der Waals surface area (Å²) in [4.78, 5) is 16.2. The molecule has 2 fully saturated rings. The van der Waals surface area contributed by atoms with Crippen LogP contribution in [0, 0.1) is 0 Å². The molecule has 1 amide bonds. The lowest BCUT2D eigenvalue weighted by molar-refractivity contribution is -0.131. The van der Waals surface area contributed by atoms with Crippen molar-refractivity contribution in [3.05, 3.63) is 29.8 Å². The quantitative estimate of drug-likeness (QED) is 0.777. The van der Waals surface area contributed by atoms with E-state index in [0.717, 1.165) is 32.1 Å². The summed E-state index contributed by atoms with van der Waals surface area (Å²) in [6.07, 6.45) is 7.32. The van der Waals surface area contributed by atoms with E-state index in [1.807, 2.05) is 4.90 Å². The fourth-order valence-corrected chi connectivity index (χ4v) is 4.01. The van der Waals surface area contributed by atoms with E-state index in [4.69, 9.17) is 11.6 Å². The third-order valence-electron chi connectivity index (χ3n) is 5.28. The molecule has 23 heavy (non-hydrogen) atoms. The number of amides is 1. The molecule has 1 aromatic rings. The van der Waals surface area contributed by atoms with Crippen molar-refractivity contribution in [3.8, 4) is 0 Å². The van der Waals surface area contributed by atoms with E-state index in [1.54, 1.807) is 0 Å². The van der Waals surface area contributed by atoms with Crippen LogP contribution in [0.3, 0.4) is 0 Å². The van der Waals surface area contributed by atoms with Crippen LogP contribution in [0.5, 0.6) is 0 Å². The van der Waals surface area contributed by atoms with Crippen molar-refractivity contribution in [1.29, 1.82) is 0 Å². The van der Waals surface area contributed by atoms with Gasteiger partial charge in [-0.25, -0.2) is 0 Å². The Kier molecular flexibility index (Phi) is 5.82. The van der Waals surface area contributed by atoms with Gasteiger partial charge in [0.05, 0.1) is 0 Å². The van der Waals surface area contributed by atoms with E-state index in [9.17, 15) is 4.79 Å². The highest BCUT2D eigenvalue weighted by atomic mass is 35.5. The molecular weight excluding hydrogens is 308 g/mol. The van der Waals surface area contributed by atoms with Crippen LogP contribution in [0.1, 0.15) is 50.0 Å². The molecule has 2 aliphatic rings. The zero-order chi connectivity index (χ0) is 16.1. The fourth-order valence-electron chi connectivity index (χ4n) is 3.85. The van der Waals surface area contributed by atoms with Crippen molar-refractivity contribution >= 4 is 23.2 Å². The maximum atomic E-state index is 11.9. The molecule has 1 aliphatic carbocycles. The van der Waals surface area contributed by atoms with Crippen molar-refractivity contribution in [1.82, 2.24) is 4.90 Å². The minimum atomic E-state index is 0.187. The van der Waals surface area contributed by atoms with E-state index >= 15 is 0 Å². The lowest BCUT2D eigenvalue weighted by Crippen LogP contribution is -2.48. The Morgan fingerprint density at radius 3 is 2.26 bits per heavy atom. The smallest absolute Gasteiger partial charge is 0.223 e. The number of benzene rings is 1. The summed E-state index contributed by atoms with van der Waals surface area (Å²) in [5.41, 5.74) is 2.79. The van der Waals surface area contributed by atoms with Crippen LogP contribution in [0.15, 0.2) is 24.3 Å². The highest BCUT2D eigenvalue weighted by molar-refractivity contribution is 6.18. The van der Waals surface area contributed by atoms with Gasteiger partial charge in [0.1, 0.15) is 0 Å². The standard InChI is InChI=1S/C19H27ClN2O/c20-11-10-19(23)22-14-12-21(13-15-22)18-8-6-17(7-9-18)16-4-2-1-3-5-16/h6-9,16H,1-5,10-15H2. The van der Waals surface area contributed by atoms with Gasteiger partial charge in [-0.2, -0.15) is 0 Å². The second-order valence-corrected chi connectivity index (χ2v) is 7.11. The second-order valence-electron chi connectivity index (χ2n) is 6.73. The number of carbonyl (C=O) groups excluding carboxylic acids is 1. The number of carbonyl (C=O) groups is 1. The maximum Gasteiger partial charge on any atom is 0.223 e. The second kappa shape index (κ2) is 8.05. The van der Waals surface area contributed by atoms with E-state index in [1.165, 1.54) is 43.4 Å². The molecule has 0 N–H and O–H groups in total. The van der Waals surface area contributed by atoms with Gasteiger partial charge in [0.2, 0.25) is 5.91 Å². The van der Waals surface area contributed by atoms with Crippen LogP contribution in [0.4, 0.5) is 5.69 Å². The van der Waals surface area contributed by atoms with Crippen LogP contribution < -0.4 is 4.90 Å². The molecule has 0 aromatic heterocycles. The van der Waals surface area contributed by atoms with E-state index in [0.29, 0.717) is 12.3 Å². The number of halogens is 1. The van der Waals surface area contributed by atoms with Crippen molar-refractivity contribution in [2.75, 3.05) is 37.0 Å². The van der Waals surface area contributed by atoms with E-state index in [-0.39, 0.29) is 5.91 Å². The number of anilines is 1. The molecule has 0 unspecified atom stereocenters.